The average molecular weight is 291 g/mol. The molecule has 0 amide bonds. The zero-order valence-electron chi connectivity index (χ0n) is 13.7. The normalized spacial score (nSPS) is 16.0. The minimum absolute atomic E-state index is 0.127. The molecule has 0 aliphatic heterocycles. The van der Waals surface area contributed by atoms with Crippen molar-refractivity contribution in [1.29, 1.82) is 0 Å². The Balaban J connectivity index is 2.08. The van der Waals surface area contributed by atoms with Crippen LogP contribution in [0, 0.1) is 13.8 Å². The smallest absolute Gasteiger partial charge is 0.102 e. The van der Waals surface area contributed by atoms with Gasteiger partial charge in [0.05, 0.1) is 11.9 Å². The minimum Gasteiger partial charge on any atom is -0.384 e. The fourth-order valence-corrected chi connectivity index (χ4v) is 2.67. The van der Waals surface area contributed by atoms with Crippen LogP contribution in [0.15, 0.2) is 12.4 Å². The van der Waals surface area contributed by atoms with Crippen molar-refractivity contribution in [3.8, 4) is 0 Å². The summed E-state index contributed by atoms with van der Waals surface area (Å²) < 4.78 is 3.59. The first-order chi connectivity index (χ1) is 9.72. The quantitative estimate of drug-likeness (QED) is 0.872. The molecule has 0 fully saturated rings. The van der Waals surface area contributed by atoms with Crippen molar-refractivity contribution in [3.05, 3.63) is 34.9 Å². The molecule has 0 aromatic carbocycles. The lowest BCUT2D eigenvalue weighted by atomic mass is 9.98. The second-order valence-electron chi connectivity index (χ2n) is 5.99. The highest BCUT2D eigenvalue weighted by atomic mass is 16.3. The summed E-state index contributed by atoms with van der Waals surface area (Å²) in [6.07, 6.45) is 3.54. The Morgan fingerprint density at radius 3 is 2.52 bits per heavy atom. The third-order valence-electron chi connectivity index (χ3n) is 4.08. The van der Waals surface area contributed by atoms with E-state index in [0.717, 1.165) is 17.0 Å². The van der Waals surface area contributed by atoms with E-state index in [-0.39, 0.29) is 6.04 Å². The monoisotopic (exact) mass is 291 g/mol. The first kappa shape index (κ1) is 15.7. The molecule has 2 rings (SSSR count). The van der Waals surface area contributed by atoms with Gasteiger partial charge in [-0.2, -0.15) is 10.2 Å². The van der Waals surface area contributed by atoms with Gasteiger partial charge in [0.25, 0.3) is 0 Å². The summed E-state index contributed by atoms with van der Waals surface area (Å²) in [6, 6.07) is 0.127. The molecular formula is C15H25N5O. The molecule has 21 heavy (non-hydrogen) atoms. The molecule has 2 atom stereocenters. The van der Waals surface area contributed by atoms with Crippen LogP contribution in [-0.4, -0.2) is 31.2 Å². The fraction of sp³-hybridized carbons (Fsp3) is 0.600. The predicted octanol–water partition coefficient (Wildman–Crippen LogP) is 1.33. The van der Waals surface area contributed by atoms with E-state index in [2.05, 4.69) is 29.4 Å². The number of nitrogens with one attached hydrogen (secondary N) is 1. The van der Waals surface area contributed by atoms with Crippen LogP contribution < -0.4 is 5.32 Å². The lowest BCUT2D eigenvalue weighted by Gasteiger charge is -2.25. The highest BCUT2D eigenvalue weighted by molar-refractivity contribution is 5.27. The zero-order chi connectivity index (χ0) is 15.8. The van der Waals surface area contributed by atoms with Crippen LogP contribution in [0.25, 0.3) is 0 Å². The number of hydrogen-bond acceptors (Lipinski definition) is 4. The van der Waals surface area contributed by atoms with Crippen molar-refractivity contribution in [3.63, 3.8) is 0 Å². The molecule has 0 saturated carbocycles. The van der Waals surface area contributed by atoms with Gasteiger partial charge in [0.15, 0.2) is 0 Å². The fourth-order valence-electron chi connectivity index (χ4n) is 2.67. The highest BCUT2D eigenvalue weighted by Crippen LogP contribution is 2.23. The van der Waals surface area contributed by atoms with E-state index >= 15 is 0 Å². The lowest BCUT2D eigenvalue weighted by molar-refractivity contribution is 0.0542. The van der Waals surface area contributed by atoms with Crippen molar-refractivity contribution in [2.75, 3.05) is 6.54 Å². The van der Waals surface area contributed by atoms with Gasteiger partial charge >= 0.3 is 0 Å². The molecule has 0 aliphatic carbocycles. The summed E-state index contributed by atoms with van der Waals surface area (Å²) in [5, 5.41) is 22.6. The predicted molar refractivity (Wildman–Crippen MR) is 81.9 cm³/mol. The summed E-state index contributed by atoms with van der Waals surface area (Å²) >= 11 is 0. The van der Waals surface area contributed by atoms with Gasteiger partial charge in [-0.15, -0.1) is 0 Å². The molecule has 2 heterocycles. The molecule has 0 spiro atoms. The van der Waals surface area contributed by atoms with Gasteiger partial charge in [0, 0.05) is 49.7 Å². The van der Waals surface area contributed by atoms with Crippen LogP contribution in [-0.2, 0) is 19.7 Å². The molecule has 0 aliphatic rings. The highest BCUT2D eigenvalue weighted by Gasteiger charge is 2.26. The molecule has 2 aromatic rings. The third kappa shape index (κ3) is 3.16. The maximum Gasteiger partial charge on any atom is 0.102 e. The van der Waals surface area contributed by atoms with Crippen molar-refractivity contribution < 1.29 is 5.11 Å². The number of rotatable bonds is 5. The zero-order valence-corrected chi connectivity index (χ0v) is 13.7. The Morgan fingerprint density at radius 1 is 1.38 bits per heavy atom. The van der Waals surface area contributed by atoms with Crippen molar-refractivity contribution >= 4 is 0 Å². The molecule has 6 heteroatoms. The Morgan fingerprint density at radius 2 is 2.05 bits per heavy atom. The van der Waals surface area contributed by atoms with Gasteiger partial charge in [-0.05, 0) is 27.7 Å². The molecule has 6 nitrogen and oxygen atoms in total. The molecule has 116 valence electrons. The summed E-state index contributed by atoms with van der Waals surface area (Å²) in [4.78, 5) is 0. The molecule has 2 N–H and O–H groups in total. The number of aliphatic hydroxyl groups is 1. The SMILES string of the molecule is Cc1nn(C)c(C)c1C(C)NCC(C)(O)c1cnn(C)c1. The van der Waals surface area contributed by atoms with E-state index in [0.29, 0.717) is 6.54 Å². The molecule has 2 aromatic heterocycles. The lowest BCUT2D eigenvalue weighted by Crippen LogP contribution is -2.36. The van der Waals surface area contributed by atoms with Crippen LogP contribution in [0.4, 0.5) is 0 Å². The Labute approximate surface area is 125 Å². The van der Waals surface area contributed by atoms with Crippen LogP contribution in [0.5, 0.6) is 0 Å². The van der Waals surface area contributed by atoms with Crippen LogP contribution >= 0.6 is 0 Å². The molecule has 0 radical (unpaired) electrons. The first-order valence-corrected chi connectivity index (χ1v) is 7.17. The van der Waals surface area contributed by atoms with E-state index < -0.39 is 5.60 Å². The number of hydrogen-bond donors (Lipinski definition) is 2. The first-order valence-electron chi connectivity index (χ1n) is 7.17. The number of nitrogens with zero attached hydrogens (tertiary/aromatic N) is 4. The topological polar surface area (TPSA) is 67.9 Å². The van der Waals surface area contributed by atoms with Crippen molar-refractivity contribution in [2.45, 2.75) is 39.3 Å². The summed E-state index contributed by atoms with van der Waals surface area (Å²) in [5.74, 6) is 0. The molecule has 0 saturated heterocycles. The van der Waals surface area contributed by atoms with E-state index in [1.807, 2.05) is 31.9 Å². The van der Waals surface area contributed by atoms with Crippen LogP contribution in [0.1, 0.15) is 42.4 Å². The summed E-state index contributed by atoms with van der Waals surface area (Å²) in [5.41, 5.74) is 3.22. The van der Waals surface area contributed by atoms with Gasteiger partial charge < -0.3 is 10.4 Å². The van der Waals surface area contributed by atoms with E-state index in [4.69, 9.17) is 0 Å². The summed E-state index contributed by atoms with van der Waals surface area (Å²) in [6.45, 7) is 8.42. The van der Waals surface area contributed by atoms with Crippen molar-refractivity contribution in [2.24, 2.45) is 14.1 Å². The van der Waals surface area contributed by atoms with Crippen molar-refractivity contribution in [1.82, 2.24) is 24.9 Å². The molecule has 0 bridgehead atoms. The molecular weight excluding hydrogens is 266 g/mol. The Hall–Kier alpha value is -1.66. The van der Waals surface area contributed by atoms with E-state index in [9.17, 15) is 5.11 Å². The second-order valence-corrected chi connectivity index (χ2v) is 5.99. The Bertz CT molecular complexity index is 626. The van der Waals surface area contributed by atoms with Crippen LogP contribution in [0.2, 0.25) is 0 Å². The summed E-state index contributed by atoms with van der Waals surface area (Å²) in [7, 11) is 3.79. The number of aromatic nitrogens is 4. The van der Waals surface area contributed by atoms with Gasteiger partial charge in [-0.25, -0.2) is 0 Å². The third-order valence-corrected chi connectivity index (χ3v) is 4.08. The minimum atomic E-state index is -0.952. The standard InChI is InChI=1S/C15H25N5O/c1-10(14-11(2)18-20(6)12(14)3)16-9-15(4,21)13-7-17-19(5)8-13/h7-8,10,16,21H,9H2,1-6H3. The number of aryl methyl sites for hydroxylation is 3. The van der Waals surface area contributed by atoms with E-state index in [1.165, 1.54) is 5.56 Å². The van der Waals surface area contributed by atoms with Gasteiger partial charge in [0.2, 0.25) is 0 Å². The average Bonchev–Trinajstić information content (AvgIpc) is 2.93. The largest absolute Gasteiger partial charge is 0.384 e. The second kappa shape index (κ2) is 5.61. The van der Waals surface area contributed by atoms with Gasteiger partial charge in [-0.1, -0.05) is 0 Å². The van der Waals surface area contributed by atoms with Crippen LogP contribution in [0.3, 0.4) is 0 Å². The van der Waals surface area contributed by atoms with Gasteiger partial charge in [0.1, 0.15) is 5.60 Å². The van der Waals surface area contributed by atoms with Gasteiger partial charge in [-0.3, -0.25) is 9.36 Å². The molecule has 2 unspecified atom stereocenters. The Kier molecular flexibility index (Phi) is 4.20. The maximum atomic E-state index is 10.6. The van der Waals surface area contributed by atoms with E-state index in [1.54, 1.807) is 17.8 Å². The maximum absolute atomic E-state index is 10.6.